The summed E-state index contributed by atoms with van der Waals surface area (Å²) in [7, 11) is 3.27. The summed E-state index contributed by atoms with van der Waals surface area (Å²) in [4.78, 5) is 4.64. The number of methoxy groups -OCH3 is 2. The van der Waals surface area contributed by atoms with Gasteiger partial charge in [0.15, 0.2) is 11.5 Å². The lowest BCUT2D eigenvalue weighted by molar-refractivity contribution is 0.356. The average molecular weight is 363 g/mol. The molecule has 0 bridgehead atoms. The van der Waals surface area contributed by atoms with Crippen LogP contribution in [0.15, 0.2) is 34.9 Å². The third kappa shape index (κ3) is 3.66. The number of hydrogen-bond donors (Lipinski definition) is 1. The lowest BCUT2D eigenvalue weighted by Gasteiger charge is -2.16. The van der Waals surface area contributed by atoms with Crippen molar-refractivity contribution in [3.05, 3.63) is 47.5 Å². The smallest absolute Gasteiger partial charge is 0.161 e. The van der Waals surface area contributed by atoms with Crippen molar-refractivity contribution in [1.82, 2.24) is 4.98 Å². The summed E-state index contributed by atoms with van der Waals surface area (Å²) in [6, 6.07) is 7.77. The predicted molar refractivity (Wildman–Crippen MR) is 102 cm³/mol. The molecule has 25 heavy (non-hydrogen) atoms. The number of hydrogen-bond acceptors (Lipinski definition) is 5. The number of aryl methyl sites for hydroxylation is 1. The molecule has 0 aliphatic rings. The van der Waals surface area contributed by atoms with Crippen molar-refractivity contribution in [3.63, 3.8) is 0 Å². The highest BCUT2D eigenvalue weighted by molar-refractivity contribution is 5.93. The van der Waals surface area contributed by atoms with Gasteiger partial charge in [0.2, 0.25) is 0 Å². The van der Waals surface area contributed by atoms with Crippen molar-refractivity contribution in [2.45, 2.75) is 26.2 Å². The molecular formula is C19H23ClN2O3. The number of rotatable bonds is 6. The molecule has 2 aromatic heterocycles. The number of pyridine rings is 1. The molecule has 3 aromatic rings. The van der Waals surface area contributed by atoms with Gasteiger partial charge in [-0.15, -0.1) is 12.4 Å². The average Bonchev–Trinajstić information content (AvgIpc) is 3.10. The normalized spacial score (nSPS) is 10.5. The zero-order valence-corrected chi connectivity index (χ0v) is 15.5. The Labute approximate surface area is 153 Å². The number of benzene rings is 1. The quantitative estimate of drug-likeness (QED) is 0.704. The van der Waals surface area contributed by atoms with E-state index in [0.29, 0.717) is 23.7 Å². The summed E-state index contributed by atoms with van der Waals surface area (Å²) in [5.74, 6) is 2.76. The van der Waals surface area contributed by atoms with Gasteiger partial charge in [-0.1, -0.05) is 13.3 Å². The van der Waals surface area contributed by atoms with E-state index in [0.717, 1.165) is 40.6 Å². The fourth-order valence-electron chi connectivity index (χ4n) is 2.98. The van der Waals surface area contributed by atoms with Crippen molar-refractivity contribution < 1.29 is 13.9 Å². The molecule has 0 fully saturated rings. The monoisotopic (exact) mass is 362 g/mol. The van der Waals surface area contributed by atoms with Crippen molar-refractivity contribution >= 4 is 29.0 Å². The van der Waals surface area contributed by atoms with Gasteiger partial charge in [0.05, 0.1) is 26.2 Å². The third-order valence-corrected chi connectivity index (χ3v) is 4.14. The molecule has 0 saturated heterocycles. The highest BCUT2D eigenvalue weighted by Crippen LogP contribution is 2.37. The van der Waals surface area contributed by atoms with Crippen LogP contribution in [0.25, 0.3) is 10.8 Å². The van der Waals surface area contributed by atoms with Crippen LogP contribution in [0.2, 0.25) is 0 Å². The van der Waals surface area contributed by atoms with E-state index >= 15 is 0 Å². The number of furan rings is 1. The molecular weight excluding hydrogens is 340 g/mol. The molecule has 2 heterocycles. The third-order valence-electron chi connectivity index (χ3n) is 4.14. The molecule has 0 amide bonds. The Balaban J connectivity index is 0.00000225. The van der Waals surface area contributed by atoms with Crippen LogP contribution in [0, 0.1) is 0 Å². The molecule has 0 aliphatic carbocycles. The van der Waals surface area contributed by atoms with E-state index in [1.807, 2.05) is 24.3 Å². The van der Waals surface area contributed by atoms with Gasteiger partial charge >= 0.3 is 0 Å². The molecule has 0 radical (unpaired) electrons. The van der Waals surface area contributed by atoms with E-state index in [2.05, 4.69) is 11.9 Å². The largest absolute Gasteiger partial charge is 0.493 e. The number of nitrogens with two attached hydrogens (primary N) is 1. The summed E-state index contributed by atoms with van der Waals surface area (Å²) in [5.41, 5.74) is 8.20. The minimum Gasteiger partial charge on any atom is -0.493 e. The van der Waals surface area contributed by atoms with Crippen LogP contribution < -0.4 is 15.2 Å². The first-order valence-electron chi connectivity index (χ1n) is 8.03. The first-order chi connectivity index (χ1) is 11.7. The van der Waals surface area contributed by atoms with E-state index in [1.54, 1.807) is 20.5 Å². The van der Waals surface area contributed by atoms with Gasteiger partial charge in [-0.25, -0.2) is 4.98 Å². The van der Waals surface area contributed by atoms with E-state index in [1.165, 1.54) is 0 Å². The number of nitrogens with zero attached hydrogens (tertiary/aromatic N) is 1. The molecule has 6 heteroatoms. The van der Waals surface area contributed by atoms with Crippen LogP contribution in [-0.4, -0.2) is 19.2 Å². The van der Waals surface area contributed by atoms with Gasteiger partial charge in [-0.3, -0.25) is 0 Å². The predicted octanol–water partition coefficient (Wildman–Crippen LogP) is 4.39. The minimum absolute atomic E-state index is 0. The molecule has 0 atom stereocenters. The number of nitrogen functional groups attached to an aromatic ring is 1. The molecule has 134 valence electrons. The van der Waals surface area contributed by atoms with Crippen molar-refractivity contribution in [1.29, 1.82) is 0 Å². The summed E-state index contributed by atoms with van der Waals surface area (Å²) >= 11 is 0. The van der Waals surface area contributed by atoms with Crippen LogP contribution in [0.3, 0.4) is 0 Å². The van der Waals surface area contributed by atoms with Gasteiger partial charge < -0.3 is 19.6 Å². The second kappa shape index (κ2) is 8.12. The van der Waals surface area contributed by atoms with E-state index in [-0.39, 0.29) is 12.4 Å². The van der Waals surface area contributed by atoms with Gasteiger partial charge in [-0.05, 0) is 36.1 Å². The molecule has 2 N–H and O–H groups in total. The van der Waals surface area contributed by atoms with Crippen molar-refractivity contribution in [2.75, 3.05) is 20.0 Å². The molecule has 3 rings (SSSR count). The van der Waals surface area contributed by atoms with Gasteiger partial charge in [0.1, 0.15) is 11.6 Å². The van der Waals surface area contributed by atoms with Crippen LogP contribution in [0.1, 0.15) is 30.4 Å². The Bertz CT molecular complexity index is 848. The standard InChI is InChI=1S/C19H22N2O3.ClH/c1-4-6-16-14-11-18(23-3)17(22-2)10-13(14)15(19(20)21-16)9-12-7-5-8-24-12;/h5,7-8,10-11H,4,6,9H2,1-3H3,(H2,20,21);1H. The van der Waals surface area contributed by atoms with E-state index in [4.69, 9.17) is 19.6 Å². The van der Waals surface area contributed by atoms with Crippen LogP contribution in [0.5, 0.6) is 11.5 Å². The van der Waals surface area contributed by atoms with Crippen molar-refractivity contribution in [3.8, 4) is 11.5 Å². The molecule has 0 spiro atoms. The molecule has 1 aromatic carbocycles. The first-order valence-corrected chi connectivity index (χ1v) is 8.03. The Morgan fingerprint density at radius 3 is 2.36 bits per heavy atom. The maximum absolute atomic E-state index is 6.27. The number of ether oxygens (including phenoxy) is 2. The Hall–Kier alpha value is -2.40. The van der Waals surface area contributed by atoms with E-state index < -0.39 is 0 Å². The summed E-state index contributed by atoms with van der Waals surface area (Å²) < 4.78 is 16.4. The van der Waals surface area contributed by atoms with Gasteiger partial charge in [0, 0.05) is 17.4 Å². The van der Waals surface area contributed by atoms with Crippen LogP contribution >= 0.6 is 12.4 Å². The lowest BCUT2D eigenvalue weighted by Crippen LogP contribution is -2.05. The zero-order chi connectivity index (χ0) is 17.1. The maximum atomic E-state index is 6.27. The maximum Gasteiger partial charge on any atom is 0.161 e. The first kappa shape index (κ1) is 18.9. The topological polar surface area (TPSA) is 70.5 Å². The summed E-state index contributed by atoms with van der Waals surface area (Å²) in [6.07, 6.45) is 4.10. The number of aromatic nitrogens is 1. The summed E-state index contributed by atoms with van der Waals surface area (Å²) in [6.45, 7) is 2.13. The molecule has 0 saturated carbocycles. The fourth-order valence-corrected chi connectivity index (χ4v) is 2.98. The second-order valence-electron chi connectivity index (χ2n) is 5.68. The molecule has 0 aliphatic heterocycles. The zero-order valence-electron chi connectivity index (χ0n) is 14.7. The number of anilines is 1. The number of fused-ring (bicyclic) bond motifs is 1. The summed E-state index contributed by atoms with van der Waals surface area (Å²) in [5, 5.41) is 2.07. The lowest BCUT2D eigenvalue weighted by atomic mass is 9.98. The van der Waals surface area contributed by atoms with Gasteiger partial charge in [-0.2, -0.15) is 0 Å². The highest BCUT2D eigenvalue weighted by Gasteiger charge is 2.17. The van der Waals surface area contributed by atoms with Crippen LogP contribution in [0.4, 0.5) is 5.82 Å². The highest BCUT2D eigenvalue weighted by atomic mass is 35.5. The van der Waals surface area contributed by atoms with Gasteiger partial charge in [0.25, 0.3) is 0 Å². The van der Waals surface area contributed by atoms with E-state index in [9.17, 15) is 0 Å². The minimum atomic E-state index is 0. The fraction of sp³-hybridized carbons (Fsp3) is 0.316. The van der Waals surface area contributed by atoms with Crippen LogP contribution in [-0.2, 0) is 12.8 Å². The molecule has 0 unspecified atom stereocenters. The molecule has 5 nitrogen and oxygen atoms in total. The SMILES string of the molecule is CCCc1nc(N)c(Cc2ccco2)c2cc(OC)c(OC)cc12.Cl. The second-order valence-corrected chi connectivity index (χ2v) is 5.68. The Morgan fingerprint density at radius 1 is 1.12 bits per heavy atom. The van der Waals surface area contributed by atoms with Crippen molar-refractivity contribution in [2.24, 2.45) is 0 Å². The number of halogens is 1. The Morgan fingerprint density at radius 2 is 1.80 bits per heavy atom. The Kier molecular flexibility index (Phi) is 6.15.